The van der Waals surface area contributed by atoms with Crippen molar-refractivity contribution in [3.05, 3.63) is 23.4 Å². The van der Waals surface area contributed by atoms with Gasteiger partial charge in [-0.1, -0.05) is 26.1 Å². The average molecular weight is 277 g/mol. The number of thiocarbonyl (C=S) groups is 1. The molecule has 0 bridgehead atoms. The molecule has 0 amide bonds. The standard InChI is InChI=1S/C15H23N3S/c1-10-6-9-17-14(12(10)13(16)19)18-11-4-7-15(2,3)8-5-11/h6,9,11H,4-5,7-8H2,1-3H3,(H2,16,19)(H,17,18). The van der Waals surface area contributed by atoms with Crippen LogP contribution in [0.4, 0.5) is 5.82 Å². The molecular weight excluding hydrogens is 254 g/mol. The topological polar surface area (TPSA) is 50.9 Å². The highest BCUT2D eigenvalue weighted by Gasteiger charge is 2.27. The van der Waals surface area contributed by atoms with Crippen molar-refractivity contribution >= 4 is 23.0 Å². The number of pyridine rings is 1. The minimum atomic E-state index is 0.421. The van der Waals surface area contributed by atoms with E-state index in [-0.39, 0.29) is 0 Å². The predicted molar refractivity (Wildman–Crippen MR) is 84.5 cm³/mol. The molecule has 3 N–H and O–H groups in total. The normalized spacial score (nSPS) is 19.1. The smallest absolute Gasteiger partial charge is 0.136 e. The van der Waals surface area contributed by atoms with E-state index in [2.05, 4.69) is 24.1 Å². The van der Waals surface area contributed by atoms with Gasteiger partial charge in [0, 0.05) is 12.2 Å². The minimum Gasteiger partial charge on any atom is -0.389 e. The number of nitrogens with one attached hydrogen (secondary N) is 1. The van der Waals surface area contributed by atoms with Gasteiger partial charge in [-0.3, -0.25) is 0 Å². The number of aromatic nitrogens is 1. The van der Waals surface area contributed by atoms with E-state index in [1.165, 1.54) is 25.7 Å². The van der Waals surface area contributed by atoms with Crippen LogP contribution in [0, 0.1) is 12.3 Å². The molecule has 0 aliphatic heterocycles. The van der Waals surface area contributed by atoms with Gasteiger partial charge in [0.2, 0.25) is 0 Å². The summed E-state index contributed by atoms with van der Waals surface area (Å²) in [6.45, 7) is 6.70. The summed E-state index contributed by atoms with van der Waals surface area (Å²) in [5, 5.41) is 3.53. The lowest BCUT2D eigenvalue weighted by Crippen LogP contribution is -2.31. The number of hydrogen-bond acceptors (Lipinski definition) is 3. The Morgan fingerprint density at radius 3 is 2.63 bits per heavy atom. The van der Waals surface area contributed by atoms with Crippen molar-refractivity contribution in [1.82, 2.24) is 4.98 Å². The van der Waals surface area contributed by atoms with Crippen LogP contribution in [-0.4, -0.2) is 16.0 Å². The molecule has 1 saturated carbocycles. The highest BCUT2D eigenvalue weighted by atomic mass is 32.1. The van der Waals surface area contributed by atoms with Gasteiger partial charge in [-0.2, -0.15) is 0 Å². The monoisotopic (exact) mass is 277 g/mol. The SMILES string of the molecule is Cc1ccnc(NC2CCC(C)(C)CC2)c1C(N)=S. The molecule has 0 aromatic carbocycles. The largest absolute Gasteiger partial charge is 0.389 e. The predicted octanol–water partition coefficient (Wildman–Crippen LogP) is 3.40. The molecule has 2 rings (SSSR count). The van der Waals surface area contributed by atoms with Gasteiger partial charge in [0.15, 0.2) is 0 Å². The molecule has 1 aromatic rings. The first-order valence-electron chi connectivity index (χ1n) is 6.91. The van der Waals surface area contributed by atoms with Crippen LogP contribution in [-0.2, 0) is 0 Å². The third kappa shape index (κ3) is 3.44. The summed E-state index contributed by atoms with van der Waals surface area (Å²) >= 11 is 5.14. The number of aryl methyl sites for hydroxylation is 1. The number of nitrogens with two attached hydrogens (primary N) is 1. The van der Waals surface area contributed by atoms with Crippen LogP contribution in [0.1, 0.15) is 50.7 Å². The van der Waals surface area contributed by atoms with Crippen molar-refractivity contribution in [2.75, 3.05) is 5.32 Å². The lowest BCUT2D eigenvalue weighted by atomic mass is 9.75. The molecule has 0 spiro atoms. The summed E-state index contributed by atoms with van der Waals surface area (Å²) in [5.41, 5.74) is 8.27. The molecule has 1 aliphatic carbocycles. The maximum Gasteiger partial charge on any atom is 0.136 e. The first kappa shape index (κ1) is 14.3. The Kier molecular flexibility index (Phi) is 4.09. The van der Waals surface area contributed by atoms with Gasteiger partial charge in [-0.05, 0) is 49.7 Å². The first-order chi connectivity index (χ1) is 8.89. The molecule has 19 heavy (non-hydrogen) atoms. The zero-order valence-corrected chi connectivity index (χ0v) is 12.8. The molecule has 0 unspecified atom stereocenters. The third-order valence-corrected chi connectivity index (χ3v) is 4.29. The summed E-state index contributed by atoms with van der Waals surface area (Å²) in [6.07, 6.45) is 6.67. The maximum atomic E-state index is 5.82. The van der Waals surface area contributed by atoms with Crippen LogP contribution in [0.15, 0.2) is 12.3 Å². The highest BCUT2D eigenvalue weighted by molar-refractivity contribution is 7.80. The Labute approximate surface area is 121 Å². The van der Waals surface area contributed by atoms with E-state index in [0.29, 0.717) is 16.4 Å². The van der Waals surface area contributed by atoms with E-state index in [1.54, 1.807) is 0 Å². The number of anilines is 1. The highest BCUT2D eigenvalue weighted by Crippen LogP contribution is 2.36. The summed E-state index contributed by atoms with van der Waals surface area (Å²) in [5.74, 6) is 0.845. The van der Waals surface area contributed by atoms with Gasteiger partial charge >= 0.3 is 0 Å². The van der Waals surface area contributed by atoms with E-state index in [0.717, 1.165) is 16.9 Å². The lowest BCUT2D eigenvalue weighted by molar-refractivity contribution is 0.232. The number of hydrogen-bond donors (Lipinski definition) is 2. The molecule has 1 aromatic heterocycles. The van der Waals surface area contributed by atoms with Crippen LogP contribution < -0.4 is 11.1 Å². The Balaban J connectivity index is 2.12. The van der Waals surface area contributed by atoms with Crippen molar-refractivity contribution in [2.45, 2.75) is 52.5 Å². The Morgan fingerprint density at radius 2 is 2.05 bits per heavy atom. The first-order valence-corrected chi connectivity index (χ1v) is 7.32. The van der Waals surface area contributed by atoms with Crippen molar-refractivity contribution < 1.29 is 0 Å². The fourth-order valence-corrected chi connectivity index (χ4v) is 2.97. The molecular formula is C15H23N3S. The van der Waals surface area contributed by atoms with Crippen molar-refractivity contribution in [2.24, 2.45) is 11.1 Å². The average Bonchev–Trinajstić information content (AvgIpc) is 2.31. The van der Waals surface area contributed by atoms with E-state index >= 15 is 0 Å². The van der Waals surface area contributed by atoms with E-state index in [1.807, 2.05) is 19.2 Å². The van der Waals surface area contributed by atoms with Crippen LogP contribution in [0.5, 0.6) is 0 Å². The summed E-state index contributed by atoms with van der Waals surface area (Å²) in [4.78, 5) is 4.83. The lowest BCUT2D eigenvalue weighted by Gasteiger charge is -2.35. The summed E-state index contributed by atoms with van der Waals surface area (Å²) in [6, 6.07) is 2.43. The zero-order chi connectivity index (χ0) is 14.0. The summed E-state index contributed by atoms with van der Waals surface area (Å²) in [7, 11) is 0. The van der Waals surface area contributed by atoms with Crippen molar-refractivity contribution in [3.63, 3.8) is 0 Å². The van der Waals surface area contributed by atoms with E-state index in [4.69, 9.17) is 18.0 Å². The van der Waals surface area contributed by atoms with Gasteiger partial charge in [0.1, 0.15) is 10.8 Å². The molecule has 4 heteroatoms. The molecule has 1 aliphatic rings. The van der Waals surface area contributed by atoms with E-state index < -0.39 is 0 Å². The van der Waals surface area contributed by atoms with Gasteiger partial charge in [-0.25, -0.2) is 4.98 Å². The fourth-order valence-electron chi connectivity index (χ4n) is 2.72. The fraction of sp³-hybridized carbons (Fsp3) is 0.600. The molecule has 1 heterocycles. The van der Waals surface area contributed by atoms with Gasteiger partial charge in [0.05, 0.1) is 5.56 Å². The van der Waals surface area contributed by atoms with E-state index in [9.17, 15) is 0 Å². The second kappa shape index (κ2) is 5.45. The quantitative estimate of drug-likeness (QED) is 0.831. The Bertz CT molecular complexity index is 472. The molecule has 0 radical (unpaired) electrons. The Hall–Kier alpha value is -1.16. The van der Waals surface area contributed by atoms with Crippen LogP contribution >= 0.6 is 12.2 Å². The van der Waals surface area contributed by atoms with Gasteiger partial charge < -0.3 is 11.1 Å². The van der Waals surface area contributed by atoms with Crippen LogP contribution in [0.2, 0.25) is 0 Å². The number of nitrogens with zero attached hydrogens (tertiary/aromatic N) is 1. The third-order valence-electron chi connectivity index (χ3n) is 4.09. The molecule has 0 atom stereocenters. The molecule has 1 fully saturated rings. The van der Waals surface area contributed by atoms with Crippen LogP contribution in [0.3, 0.4) is 0 Å². The second-order valence-corrected chi connectivity index (χ2v) is 6.74. The van der Waals surface area contributed by atoms with Gasteiger partial charge in [-0.15, -0.1) is 0 Å². The van der Waals surface area contributed by atoms with Crippen LogP contribution in [0.25, 0.3) is 0 Å². The maximum absolute atomic E-state index is 5.82. The molecule has 3 nitrogen and oxygen atoms in total. The Morgan fingerprint density at radius 1 is 1.42 bits per heavy atom. The minimum absolute atomic E-state index is 0.421. The van der Waals surface area contributed by atoms with Gasteiger partial charge in [0.25, 0.3) is 0 Å². The molecule has 104 valence electrons. The zero-order valence-electron chi connectivity index (χ0n) is 12.0. The summed E-state index contributed by atoms with van der Waals surface area (Å²) < 4.78 is 0. The second-order valence-electron chi connectivity index (χ2n) is 6.30. The van der Waals surface area contributed by atoms with Crippen molar-refractivity contribution in [1.29, 1.82) is 0 Å². The number of rotatable bonds is 3. The van der Waals surface area contributed by atoms with Crippen molar-refractivity contribution in [3.8, 4) is 0 Å². The molecule has 0 saturated heterocycles.